The van der Waals surface area contributed by atoms with Gasteiger partial charge in [0.05, 0.1) is 11.7 Å². The lowest BCUT2D eigenvalue weighted by Crippen LogP contribution is -2.56. The molecule has 41 heavy (non-hydrogen) atoms. The van der Waals surface area contributed by atoms with E-state index in [2.05, 4.69) is 25.5 Å². The average molecular weight is 596 g/mol. The van der Waals surface area contributed by atoms with Crippen LogP contribution < -0.4 is 10.2 Å². The minimum absolute atomic E-state index is 0.0536. The summed E-state index contributed by atoms with van der Waals surface area (Å²) in [5, 5.41) is 9.85. The summed E-state index contributed by atoms with van der Waals surface area (Å²) in [6.45, 7) is 8.12. The van der Waals surface area contributed by atoms with Gasteiger partial charge in [0.15, 0.2) is 17.5 Å². The van der Waals surface area contributed by atoms with Crippen LogP contribution in [-0.4, -0.2) is 83.0 Å². The van der Waals surface area contributed by atoms with Crippen LogP contribution in [0.1, 0.15) is 70.7 Å². The van der Waals surface area contributed by atoms with Crippen molar-refractivity contribution in [1.82, 2.24) is 24.5 Å². The average Bonchev–Trinajstić information content (AvgIpc) is 3.40. The molecule has 0 aromatic carbocycles. The molecule has 2 N–H and O–H groups in total. The molecule has 2 aromatic rings. The molecular weight excluding hydrogens is 553 g/mol. The summed E-state index contributed by atoms with van der Waals surface area (Å²) in [7, 11) is -1.54. The number of aryl methyl sites for hydroxylation is 1. The van der Waals surface area contributed by atoms with E-state index >= 15 is 4.39 Å². The predicted molar refractivity (Wildman–Crippen MR) is 153 cm³/mol. The number of carbonyl (C=O) groups is 1. The van der Waals surface area contributed by atoms with Gasteiger partial charge in [0.2, 0.25) is 16.0 Å². The number of hydrogen-bond donors (Lipinski definition) is 2. The van der Waals surface area contributed by atoms with Gasteiger partial charge in [0.1, 0.15) is 12.3 Å². The Morgan fingerprint density at radius 1 is 1.20 bits per heavy atom. The fourth-order valence-corrected chi connectivity index (χ4v) is 7.29. The smallest absolute Gasteiger partial charge is 0.309 e. The van der Waals surface area contributed by atoms with Crippen LogP contribution in [0.15, 0.2) is 6.07 Å². The highest BCUT2D eigenvalue weighted by molar-refractivity contribution is 7.89. The maximum absolute atomic E-state index is 15.7. The van der Waals surface area contributed by atoms with Crippen molar-refractivity contribution in [1.29, 1.82) is 0 Å². The number of ether oxygens (including phenoxy) is 2. The van der Waals surface area contributed by atoms with Crippen molar-refractivity contribution in [3.05, 3.63) is 23.3 Å². The van der Waals surface area contributed by atoms with Crippen LogP contribution in [0.25, 0.3) is 0 Å². The predicted octanol–water partition coefficient (Wildman–Crippen LogP) is 3.67. The number of aromatic amines is 1. The van der Waals surface area contributed by atoms with Crippen LogP contribution in [0.5, 0.6) is 0 Å². The van der Waals surface area contributed by atoms with Gasteiger partial charge in [-0.3, -0.25) is 9.89 Å². The number of carbonyl (C=O) groups excluding carboxylic acids is 1. The summed E-state index contributed by atoms with van der Waals surface area (Å²) < 4.78 is 54.1. The molecule has 1 unspecified atom stereocenters. The lowest BCUT2D eigenvalue weighted by molar-refractivity contribution is -0.153. The highest BCUT2D eigenvalue weighted by Crippen LogP contribution is 2.34. The van der Waals surface area contributed by atoms with Gasteiger partial charge in [-0.2, -0.15) is 14.4 Å². The van der Waals surface area contributed by atoms with Gasteiger partial charge in [-0.15, -0.1) is 0 Å². The van der Waals surface area contributed by atoms with Crippen molar-refractivity contribution in [3.63, 3.8) is 0 Å². The molecule has 2 aliphatic heterocycles. The molecule has 0 aliphatic carbocycles. The molecule has 2 fully saturated rings. The minimum atomic E-state index is -3.38. The van der Waals surface area contributed by atoms with E-state index < -0.39 is 21.8 Å². The van der Waals surface area contributed by atoms with Crippen molar-refractivity contribution in [2.75, 3.05) is 36.2 Å². The molecule has 0 spiro atoms. The van der Waals surface area contributed by atoms with Crippen molar-refractivity contribution < 1.29 is 27.1 Å². The van der Waals surface area contributed by atoms with E-state index in [0.29, 0.717) is 57.6 Å². The Bertz CT molecular complexity index is 1290. The van der Waals surface area contributed by atoms with Crippen molar-refractivity contribution >= 4 is 33.6 Å². The second-order valence-corrected chi connectivity index (χ2v) is 12.9. The first-order valence-electron chi connectivity index (χ1n) is 14.4. The standard InChI is InChI=1S/C27H42FN7O5S/c1-6-19-14-21(15-20(7-2)35(19)41(37,38)8-3)34(5)27-29-22(16-40-26(36)18-9-11-39-12-10-18)24(28)25(31-27)30-23-13-17(4)32-33-23/h13,18-21H,6-12,14-16H2,1-5H3,(H2,29,30,31,32,33)/t19-,20+,21?. The molecule has 0 bridgehead atoms. The third kappa shape index (κ3) is 7.15. The first kappa shape index (κ1) is 31.1. The molecule has 2 saturated heterocycles. The number of anilines is 3. The first-order chi connectivity index (χ1) is 19.6. The molecule has 228 valence electrons. The van der Waals surface area contributed by atoms with Gasteiger partial charge < -0.3 is 19.7 Å². The van der Waals surface area contributed by atoms with Crippen molar-refractivity contribution in [2.24, 2.45) is 5.92 Å². The maximum Gasteiger partial charge on any atom is 0.309 e. The molecule has 0 amide bonds. The Kier molecular flexibility index (Phi) is 10.2. The normalized spacial score (nSPS) is 22.4. The van der Waals surface area contributed by atoms with E-state index in [4.69, 9.17) is 9.47 Å². The van der Waals surface area contributed by atoms with E-state index in [1.807, 2.05) is 32.7 Å². The maximum atomic E-state index is 15.7. The molecule has 14 heteroatoms. The fraction of sp³-hybridized carbons (Fsp3) is 0.704. The van der Waals surface area contributed by atoms with Crippen LogP contribution in [0, 0.1) is 18.7 Å². The van der Waals surface area contributed by atoms with Gasteiger partial charge in [0, 0.05) is 50.1 Å². The molecular formula is C27H42FN7O5S. The summed E-state index contributed by atoms with van der Waals surface area (Å²) >= 11 is 0. The van der Waals surface area contributed by atoms with Crippen LogP contribution in [0.3, 0.4) is 0 Å². The number of nitrogens with one attached hydrogen (secondary N) is 2. The molecule has 0 radical (unpaired) electrons. The van der Waals surface area contributed by atoms with E-state index in [1.165, 1.54) is 0 Å². The summed E-state index contributed by atoms with van der Waals surface area (Å²) in [5.41, 5.74) is 0.733. The molecule has 4 heterocycles. The molecule has 0 saturated carbocycles. The quantitative estimate of drug-likeness (QED) is 0.370. The number of rotatable bonds is 11. The molecule has 12 nitrogen and oxygen atoms in total. The van der Waals surface area contributed by atoms with E-state index in [1.54, 1.807) is 17.3 Å². The number of piperidine rings is 1. The molecule has 2 aromatic heterocycles. The van der Waals surface area contributed by atoms with Crippen LogP contribution in [-0.2, 0) is 30.9 Å². The second-order valence-electron chi connectivity index (χ2n) is 10.8. The molecule has 4 rings (SSSR count). The number of H-pyrrole nitrogens is 1. The lowest BCUT2D eigenvalue weighted by atomic mass is 9.90. The largest absolute Gasteiger partial charge is 0.459 e. The number of esters is 1. The fourth-order valence-electron chi connectivity index (χ4n) is 5.62. The van der Waals surface area contributed by atoms with Gasteiger partial charge >= 0.3 is 5.97 Å². The summed E-state index contributed by atoms with van der Waals surface area (Å²) in [6.07, 6.45) is 3.63. The first-order valence-corrected chi connectivity index (χ1v) is 16.0. The number of hydrogen-bond acceptors (Lipinski definition) is 10. The summed E-state index contributed by atoms with van der Waals surface area (Å²) in [4.78, 5) is 23.5. The highest BCUT2D eigenvalue weighted by atomic mass is 32.2. The lowest BCUT2D eigenvalue weighted by Gasteiger charge is -2.46. The summed E-state index contributed by atoms with van der Waals surface area (Å²) in [5.74, 6) is -0.825. The zero-order chi connectivity index (χ0) is 29.7. The number of halogens is 1. The zero-order valence-corrected chi connectivity index (χ0v) is 25.3. The van der Waals surface area contributed by atoms with Gasteiger partial charge in [0.25, 0.3) is 0 Å². The number of nitrogens with zero attached hydrogens (tertiary/aromatic N) is 5. The Morgan fingerprint density at radius 2 is 1.85 bits per heavy atom. The molecule has 2 aliphatic rings. The Morgan fingerprint density at radius 3 is 2.41 bits per heavy atom. The van der Waals surface area contributed by atoms with Gasteiger partial charge in [-0.1, -0.05) is 13.8 Å². The molecule has 3 atom stereocenters. The number of sulfonamides is 1. The van der Waals surface area contributed by atoms with E-state index in [-0.39, 0.29) is 53.9 Å². The highest BCUT2D eigenvalue weighted by Gasteiger charge is 2.41. The van der Waals surface area contributed by atoms with Gasteiger partial charge in [-0.25, -0.2) is 17.8 Å². The SMILES string of the molecule is CC[C@@H]1CC(N(C)c2nc(COC(=O)C3CCOCC3)c(F)c(Nc3cc(C)[nH]n3)n2)C[C@H](CC)N1S(=O)(=O)CC. The van der Waals surface area contributed by atoms with Crippen LogP contribution in [0.2, 0.25) is 0 Å². The van der Waals surface area contributed by atoms with Crippen LogP contribution >= 0.6 is 0 Å². The van der Waals surface area contributed by atoms with Crippen molar-refractivity contribution in [2.45, 2.75) is 91.0 Å². The topological polar surface area (TPSA) is 143 Å². The van der Waals surface area contributed by atoms with Crippen molar-refractivity contribution in [3.8, 4) is 0 Å². The Hall–Kier alpha value is -2.84. The minimum Gasteiger partial charge on any atom is -0.459 e. The van der Waals surface area contributed by atoms with Crippen LogP contribution in [0.4, 0.5) is 22.0 Å². The zero-order valence-electron chi connectivity index (χ0n) is 24.5. The second kappa shape index (κ2) is 13.4. The monoisotopic (exact) mass is 595 g/mol. The van der Waals surface area contributed by atoms with E-state index in [0.717, 1.165) is 5.69 Å². The Labute approximate surface area is 241 Å². The van der Waals surface area contributed by atoms with E-state index in [9.17, 15) is 13.2 Å². The third-order valence-electron chi connectivity index (χ3n) is 8.07. The summed E-state index contributed by atoms with van der Waals surface area (Å²) in [6, 6.07) is 1.29. The third-order valence-corrected chi connectivity index (χ3v) is 10.0. The Balaban J connectivity index is 1.62. The number of aromatic nitrogens is 4. The van der Waals surface area contributed by atoms with Gasteiger partial charge in [-0.05, 0) is 52.4 Å².